The molecule has 0 aliphatic carbocycles. The maximum Gasteiger partial charge on any atom is 0.291 e. The molecule has 6 nitrogen and oxygen atoms in total. The number of fused-ring (bicyclic) bond motifs is 1. The number of rotatable bonds is 8. The van der Waals surface area contributed by atoms with Gasteiger partial charge in [0.15, 0.2) is 17.3 Å². The van der Waals surface area contributed by atoms with Gasteiger partial charge in [0.25, 0.3) is 5.56 Å². The topological polar surface area (TPSA) is 65.7 Å². The Kier molecular flexibility index (Phi) is 6.53. The molecule has 0 atom stereocenters. The standard InChI is InChI=1S/C23H22ClN3O3S/c1-3-4-5-12-30-18-11-6-15(13-19(18)29-2)14-20-22(28)27-23(31-20)25-21(26-27)16-7-9-17(24)10-8-16/h6-11,13-14H,3-5,12H2,1-2H3/b20-14-. The first-order valence-corrected chi connectivity index (χ1v) is 11.3. The summed E-state index contributed by atoms with van der Waals surface area (Å²) in [5, 5.41) is 5.00. The van der Waals surface area contributed by atoms with E-state index in [1.807, 2.05) is 36.4 Å². The van der Waals surface area contributed by atoms with E-state index in [0.717, 1.165) is 30.4 Å². The molecule has 0 aliphatic heterocycles. The minimum Gasteiger partial charge on any atom is -0.493 e. The van der Waals surface area contributed by atoms with E-state index in [2.05, 4.69) is 17.0 Å². The van der Waals surface area contributed by atoms with Crippen molar-refractivity contribution in [2.24, 2.45) is 0 Å². The van der Waals surface area contributed by atoms with Crippen LogP contribution in [0.15, 0.2) is 47.3 Å². The summed E-state index contributed by atoms with van der Waals surface area (Å²) in [4.78, 5) is 17.9. The zero-order valence-electron chi connectivity index (χ0n) is 17.3. The largest absolute Gasteiger partial charge is 0.493 e. The third kappa shape index (κ3) is 4.73. The number of thiazole rings is 1. The summed E-state index contributed by atoms with van der Waals surface area (Å²) in [6.07, 6.45) is 5.10. The molecule has 4 aromatic rings. The summed E-state index contributed by atoms with van der Waals surface area (Å²) in [5.41, 5.74) is 1.45. The average molecular weight is 456 g/mol. The van der Waals surface area contributed by atoms with E-state index in [9.17, 15) is 4.79 Å². The number of nitrogens with zero attached hydrogens (tertiary/aromatic N) is 3. The fraction of sp³-hybridized carbons (Fsp3) is 0.261. The number of aromatic nitrogens is 3. The van der Waals surface area contributed by atoms with Gasteiger partial charge < -0.3 is 9.47 Å². The van der Waals surface area contributed by atoms with Crippen LogP contribution in [-0.2, 0) is 0 Å². The van der Waals surface area contributed by atoms with E-state index >= 15 is 0 Å². The van der Waals surface area contributed by atoms with Crippen molar-refractivity contribution in [3.8, 4) is 22.9 Å². The molecule has 2 aromatic carbocycles. The van der Waals surface area contributed by atoms with Crippen LogP contribution < -0.4 is 19.6 Å². The first-order valence-electron chi connectivity index (χ1n) is 10.1. The number of unbranched alkanes of at least 4 members (excludes halogenated alkanes) is 2. The van der Waals surface area contributed by atoms with E-state index in [0.29, 0.717) is 38.4 Å². The van der Waals surface area contributed by atoms with Crippen LogP contribution in [0.1, 0.15) is 31.7 Å². The second-order valence-corrected chi connectivity index (χ2v) is 8.46. The molecule has 0 N–H and O–H groups in total. The average Bonchev–Trinajstić information content (AvgIpc) is 3.32. The molecule has 0 radical (unpaired) electrons. The van der Waals surface area contributed by atoms with Crippen molar-refractivity contribution in [1.82, 2.24) is 14.6 Å². The molecule has 0 saturated carbocycles. The fourth-order valence-corrected chi connectivity index (χ4v) is 4.17. The summed E-state index contributed by atoms with van der Waals surface area (Å²) in [6.45, 7) is 2.81. The normalized spacial score (nSPS) is 11.9. The van der Waals surface area contributed by atoms with Gasteiger partial charge in [-0.3, -0.25) is 4.79 Å². The summed E-state index contributed by atoms with van der Waals surface area (Å²) >= 11 is 7.23. The molecule has 160 valence electrons. The molecule has 0 saturated heterocycles. The molecule has 4 rings (SSSR count). The number of benzene rings is 2. The van der Waals surface area contributed by atoms with Crippen LogP contribution in [0.4, 0.5) is 0 Å². The van der Waals surface area contributed by atoms with Crippen molar-refractivity contribution in [3.63, 3.8) is 0 Å². The first-order chi connectivity index (χ1) is 15.1. The Morgan fingerprint density at radius 3 is 2.65 bits per heavy atom. The smallest absolute Gasteiger partial charge is 0.291 e. The highest BCUT2D eigenvalue weighted by atomic mass is 35.5. The monoisotopic (exact) mass is 455 g/mol. The molecule has 0 spiro atoms. The highest BCUT2D eigenvalue weighted by molar-refractivity contribution is 7.15. The van der Waals surface area contributed by atoms with Gasteiger partial charge in [-0.05, 0) is 54.5 Å². The van der Waals surface area contributed by atoms with Crippen molar-refractivity contribution in [1.29, 1.82) is 0 Å². The highest BCUT2D eigenvalue weighted by Crippen LogP contribution is 2.28. The molecule has 0 fully saturated rings. The number of ether oxygens (including phenoxy) is 2. The number of halogens is 1. The molecular formula is C23H22ClN3O3S. The predicted octanol–water partition coefficient (Wildman–Crippen LogP) is 4.60. The zero-order chi connectivity index (χ0) is 21.8. The van der Waals surface area contributed by atoms with Crippen LogP contribution in [0, 0.1) is 0 Å². The fourth-order valence-electron chi connectivity index (χ4n) is 3.13. The Bertz CT molecular complexity index is 1300. The van der Waals surface area contributed by atoms with Gasteiger partial charge in [0.05, 0.1) is 18.2 Å². The van der Waals surface area contributed by atoms with Crippen LogP contribution in [0.2, 0.25) is 5.02 Å². The molecule has 0 amide bonds. The van der Waals surface area contributed by atoms with Crippen molar-refractivity contribution in [3.05, 3.63) is 67.9 Å². The minimum atomic E-state index is -0.202. The maximum atomic E-state index is 12.8. The lowest BCUT2D eigenvalue weighted by atomic mass is 10.2. The van der Waals surface area contributed by atoms with E-state index in [1.54, 1.807) is 19.2 Å². The third-order valence-corrected chi connectivity index (χ3v) is 5.99. The Balaban J connectivity index is 1.61. The van der Waals surface area contributed by atoms with E-state index in [1.165, 1.54) is 15.9 Å². The Morgan fingerprint density at radius 2 is 1.94 bits per heavy atom. The summed E-state index contributed by atoms with van der Waals surface area (Å²) in [6, 6.07) is 12.9. The van der Waals surface area contributed by atoms with Crippen molar-refractivity contribution >= 4 is 34.0 Å². The highest BCUT2D eigenvalue weighted by Gasteiger charge is 2.12. The lowest BCUT2D eigenvalue weighted by molar-refractivity contribution is 0.286. The molecule has 0 unspecified atom stereocenters. The van der Waals surface area contributed by atoms with Gasteiger partial charge in [0, 0.05) is 10.6 Å². The van der Waals surface area contributed by atoms with Crippen LogP contribution in [0.3, 0.4) is 0 Å². The van der Waals surface area contributed by atoms with Gasteiger partial charge in [0.1, 0.15) is 0 Å². The van der Waals surface area contributed by atoms with E-state index in [4.69, 9.17) is 21.1 Å². The molecule has 0 aliphatic rings. The van der Waals surface area contributed by atoms with Crippen LogP contribution in [0.25, 0.3) is 22.4 Å². The second-order valence-electron chi connectivity index (χ2n) is 7.02. The van der Waals surface area contributed by atoms with Crippen LogP contribution in [-0.4, -0.2) is 28.3 Å². The van der Waals surface area contributed by atoms with Crippen molar-refractivity contribution in [2.75, 3.05) is 13.7 Å². The van der Waals surface area contributed by atoms with Gasteiger partial charge >= 0.3 is 0 Å². The molecule has 2 aromatic heterocycles. The molecule has 2 heterocycles. The number of hydrogen-bond donors (Lipinski definition) is 0. The number of methoxy groups -OCH3 is 1. The summed E-state index contributed by atoms with van der Waals surface area (Å²) in [7, 11) is 1.61. The quantitative estimate of drug-likeness (QED) is 0.363. The van der Waals surface area contributed by atoms with E-state index < -0.39 is 0 Å². The van der Waals surface area contributed by atoms with Crippen LogP contribution in [0.5, 0.6) is 11.5 Å². The van der Waals surface area contributed by atoms with Gasteiger partial charge in [0.2, 0.25) is 4.96 Å². The lowest BCUT2D eigenvalue weighted by Gasteiger charge is -2.11. The minimum absolute atomic E-state index is 0.202. The van der Waals surface area contributed by atoms with Gasteiger partial charge in [-0.15, -0.1) is 5.10 Å². The Morgan fingerprint density at radius 1 is 1.13 bits per heavy atom. The van der Waals surface area contributed by atoms with E-state index in [-0.39, 0.29) is 5.56 Å². The maximum absolute atomic E-state index is 12.8. The third-order valence-electron chi connectivity index (χ3n) is 4.78. The number of hydrogen-bond acceptors (Lipinski definition) is 6. The summed E-state index contributed by atoms with van der Waals surface area (Å²) in [5.74, 6) is 1.84. The van der Waals surface area contributed by atoms with Gasteiger partial charge in [-0.25, -0.2) is 0 Å². The molecule has 31 heavy (non-hydrogen) atoms. The Hall–Kier alpha value is -2.90. The zero-order valence-corrected chi connectivity index (χ0v) is 18.9. The Labute approximate surface area is 188 Å². The van der Waals surface area contributed by atoms with Crippen molar-refractivity contribution in [2.45, 2.75) is 26.2 Å². The molecule has 8 heteroatoms. The van der Waals surface area contributed by atoms with Gasteiger partial charge in [-0.1, -0.05) is 48.8 Å². The lowest BCUT2D eigenvalue weighted by Crippen LogP contribution is -2.23. The van der Waals surface area contributed by atoms with Gasteiger partial charge in [-0.2, -0.15) is 9.50 Å². The van der Waals surface area contributed by atoms with Crippen molar-refractivity contribution < 1.29 is 9.47 Å². The second kappa shape index (κ2) is 9.49. The van der Waals surface area contributed by atoms with Crippen LogP contribution >= 0.6 is 22.9 Å². The molecular weight excluding hydrogens is 434 g/mol. The predicted molar refractivity (Wildman–Crippen MR) is 124 cm³/mol. The SMILES string of the molecule is CCCCCOc1ccc(/C=c2\sc3nc(-c4ccc(Cl)cc4)nn3c2=O)cc1OC. The first kappa shape index (κ1) is 21.3. The molecule has 0 bridgehead atoms. The summed E-state index contributed by atoms with van der Waals surface area (Å²) < 4.78 is 13.2.